The Labute approximate surface area is 59.8 Å². The molecule has 0 heterocycles. The summed E-state index contributed by atoms with van der Waals surface area (Å²) in [6, 6.07) is -0.00361. The number of aliphatic carboxylic acids is 1. The van der Waals surface area contributed by atoms with Crippen LogP contribution in [0.4, 0.5) is 0 Å². The topological polar surface area (TPSA) is 75.7 Å². The lowest BCUT2D eigenvalue weighted by Crippen LogP contribution is -2.24. The minimum atomic E-state index is -1.15. The van der Waals surface area contributed by atoms with Crippen LogP contribution < -0.4 is 5.73 Å². The van der Waals surface area contributed by atoms with Crippen LogP contribution in [0, 0.1) is 0 Å². The average Bonchev–Trinajstić information content (AvgIpc) is 1.87. The SMILES string of the molecule is CCC(C)N=C(N)C(=O)O. The van der Waals surface area contributed by atoms with Crippen molar-refractivity contribution in [2.45, 2.75) is 26.3 Å². The first-order valence-electron chi connectivity index (χ1n) is 3.14. The van der Waals surface area contributed by atoms with Crippen LogP contribution in [-0.2, 0) is 4.79 Å². The van der Waals surface area contributed by atoms with E-state index in [0.29, 0.717) is 0 Å². The Morgan fingerprint density at radius 1 is 1.80 bits per heavy atom. The molecule has 0 saturated heterocycles. The van der Waals surface area contributed by atoms with E-state index in [-0.39, 0.29) is 11.9 Å². The lowest BCUT2D eigenvalue weighted by Gasteiger charge is -2.00. The molecule has 0 bridgehead atoms. The molecule has 0 rings (SSSR count). The largest absolute Gasteiger partial charge is 0.475 e. The van der Waals surface area contributed by atoms with Crippen LogP contribution >= 0.6 is 0 Å². The number of carbonyl (C=O) groups is 1. The third-order valence-electron chi connectivity index (χ3n) is 1.17. The van der Waals surface area contributed by atoms with E-state index in [0.717, 1.165) is 6.42 Å². The Morgan fingerprint density at radius 2 is 2.30 bits per heavy atom. The molecule has 0 radical (unpaired) electrons. The molecule has 0 aromatic heterocycles. The van der Waals surface area contributed by atoms with Crippen molar-refractivity contribution in [1.29, 1.82) is 0 Å². The summed E-state index contributed by atoms with van der Waals surface area (Å²) in [7, 11) is 0. The maximum Gasteiger partial charge on any atom is 0.370 e. The van der Waals surface area contributed by atoms with Gasteiger partial charge in [-0.2, -0.15) is 0 Å². The molecular formula is C6H12N2O2. The first kappa shape index (κ1) is 8.94. The molecule has 4 nitrogen and oxygen atoms in total. The maximum absolute atomic E-state index is 10.1. The van der Waals surface area contributed by atoms with Gasteiger partial charge in [0.2, 0.25) is 5.84 Å². The van der Waals surface area contributed by atoms with Crippen molar-refractivity contribution in [2.24, 2.45) is 10.7 Å². The summed E-state index contributed by atoms with van der Waals surface area (Å²) in [6.45, 7) is 3.74. The molecule has 58 valence electrons. The fourth-order valence-corrected chi connectivity index (χ4v) is 0.384. The summed E-state index contributed by atoms with van der Waals surface area (Å²) >= 11 is 0. The van der Waals surface area contributed by atoms with Crippen LogP contribution in [0.2, 0.25) is 0 Å². The lowest BCUT2D eigenvalue weighted by molar-refractivity contribution is -0.129. The zero-order chi connectivity index (χ0) is 8.15. The molecule has 0 aliphatic rings. The normalized spacial score (nSPS) is 14.8. The van der Waals surface area contributed by atoms with Gasteiger partial charge in [-0.15, -0.1) is 0 Å². The number of nitrogens with zero attached hydrogens (tertiary/aromatic N) is 1. The first-order chi connectivity index (χ1) is 4.57. The number of hydrogen-bond donors (Lipinski definition) is 2. The van der Waals surface area contributed by atoms with Gasteiger partial charge in [0.1, 0.15) is 0 Å². The predicted molar refractivity (Wildman–Crippen MR) is 39.0 cm³/mol. The number of carboxylic acid groups (broad SMARTS) is 1. The first-order valence-corrected chi connectivity index (χ1v) is 3.14. The van der Waals surface area contributed by atoms with Gasteiger partial charge in [-0.25, -0.2) is 4.79 Å². The molecule has 10 heavy (non-hydrogen) atoms. The molecule has 0 aliphatic heterocycles. The molecule has 3 N–H and O–H groups in total. The Bertz CT molecular complexity index is 154. The van der Waals surface area contributed by atoms with E-state index in [9.17, 15) is 4.79 Å². The van der Waals surface area contributed by atoms with E-state index < -0.39 is 5.97 Å². The van der Waals surface area contributed by atoms with Crippen LogP contribution in [0.1, 0.15) is 20.3 Å². The predicted octanol–water partition coefficient (Wildman–Crippen LogP) is 0.227. The highest BCUT2D eigenvalue weighted by Gasteiger charge is 2.03. The third kappa shape index (κ3) is 3.06. The molecule has 0 spiro atoms. The van der Waals surface area contributed by atoms with Crippen LogP contribution in [0.25, 0.3) is 0 Å². The second-order valence-corrected chi connectivity index (χ2v) is 2.08. The average molecular weight is 144 g/mol. The van der Waals surface area contributed by atoms with Crippen molar-refractivity contribution in [3.63, 3.8) is 0 Å². The molecule has 0 aromatic carbocycles. The van der Waals surface area contributed by atoms with Crippen molar-refractivity contribution in [3.8, 4) is 0 Å². The van der Waals surface area contributed by atoms with Crippen molar-refractivity contribution in [1.82, 2.24) is 0 Å². The summed E-state index contributed by atoms with van der Waals surface area (Å²) in [6.07, 6.45) is 0.800. The zero-order valence-electron chi connectivity index (χ0n) is 6.16. The van der Waals surface area contributed by atoms with Gasteiger partial charge in [-0.3, -0.25) is 4.99 Å². The van der Waals surface area contributed by atoms with Gasteiger partial charge in [0.15, 0.2) is 0 Å². The zero-order valence-corrected chi connectivity index (χ0v) is 6.16. The summed E-state index contributed by atoms with van der Waals surface area (Å²) < 4.78 is 0. The van der Waals surface area contributed by atoms with Gasteiger partial charge in [-0.1, -0.05) is 6.92 Å². The molecule has 0 aliphatic carbocycles. The summed E-state index contributed by atoms with van der Waals surface area (Å²) in [5.41, 5.74) is 5.04. The lowest BCUT2D eigenvalue weighted by atomic mass is 10.3. The Hall–Kier alpha value is -1.06. The van der Waals surface area contributed by atoms with Crippen LogP contribution in [0.5, 0.6) is 0 Å². The summed E-state index contributed by atoms with van der Waals surface area (Å²) in [4.78, 5) is 13.8. The van der Waals surface area contributed by atoms with Crippen molar-refractivity contribution in [3.05, 3.63) is 0 Å². The van der Waals surface area contributed by atoms with Crippen LogP contribution in [0.3, 0.4) is 0 Å². The molecule has 0 amide bonds. The fourth-order valence-electron chi connectivity index (χ4n) is 0.384. The van der Waals surface area contributed by atoms with E-state index in [1.165, 1.54) is 0 Å². The van der Waals surface area contributed by atoms with E-state index >= 15 is 0 Å². The second kappa shape index (κ2) is 3.87. The quantitative estimate of drug-likeness (QED) is 0.430. The summed E-state index contributed by atoms with van der Waals surface area (Å²) in [5.74, 6) is -1.46. The van der Waals surface area contributed by atoms with E-state index in [4.69, 9.17) is 10.8 Å². The Kier molecular flexibility index (Phi) is 3.46. The molecular weight excluding hydrogens is 132 g/mol. The van der Waals surface area contributed by atoms with Gasteiger partial charge >= 0.3 is 5.97 Å². The minimum Gasteiger partial charge on any atom is -0.475 e. The highest BCUT2D eigenvalue weighted by molar-refractivity contribution is 6.33. The van der Waals surface area contributed by atoms with E-state index in [1.807, 2.05) is 13.8 Å². The van der Waals surface area contributed by atoms with Gasteiger partial charge < -0.3 is 10.8 Å². The van der Waals surface area contributed by atoms with Gasteiger partial charge in [0.25, 0.3) is 0 Å². The highest BCUT2D eigenvalue weighted by Crippen LogP contribution is 1.93. The Morgan fingerprint density at radius 3 is 2.60 bits per heavy atom. The van der Waals surface area contributed by atoms with Crippen molar-refractivity contribution >= 4 is 11.8 Å². The fraction of sp³-hybridized carbons (Fsp3) is 0.667. The van der Waals surface area contributed by atoms with Crippen molar-refractivity contribution in [2.75, 3.05) is 0 Å². The minimum absolute atomic E-state index is 0.00361. The Balaban J connectivity index is 4.02. The number of rotatable bonds is 2. The van der Waals surface area contributed by atoms with Crippen LogP contribution in [0.15, 0.2) is 4.99 Å². The molecule has 0 aromatic rings. The highest BCUT2D eigenvalue weighted by atomic mass is 16.4. The summed E-state index contributed by atoms with van der Waals surface area (Å²) in [5, 5.41) is 8.27. The van der Waals surface area contributed by atoms with E-state index in [2.05, 4.69) is 4.99 Å². The maximum atomic E-state index is 10.1. The third-order valence-corrected chi connectivity index (χ3v) is 1.17. The standard InChI is InChI=1S/C6H12N2O2/c1-3-4(2)8-5(7)6(9)10/h4H,3H2,1-2H3,(H2,7,8)(H,9,10). The molecule has 1 atom stereocenters. The number of aliphatic imine (C=N–C) groups is 1. The monoisotopic (exact) mass is 144 g/mol. The van der Waals surface area contributed by atoms with Gasteiger partial charge in [0.05, 0.1) is 0 Å². The molecule has 1 unspecified atom stereocenters. The van der Waals surface area contributed by atoms with Crippen LogP contribution in [-0.4, -0.2) is 23.0 Å². The smallest absolute Gasteiger partial charge is 0.370 e. The second-order valence-electron chi connectivity index (χ2n) is 2.08. The number of nitrogens with two attached hydrogens (primary N) is 1. The number of amidine groups is 1. The van der Waals surface area contributed by atoms with E-state index in [1.54, 1.807) is 0 Å². The number of carboxylic acids is 1. The molecule has 0 saturated carbocycles. The van der Waals surface area contributed by atoms with Crippen molar-refractivity contribution < 1.29 is 9.90 Å². The van der Waals surface area contributed by atoms with Gasteiger partial charge in [0, 0.05) is 6.04 Å². The molecule has 4 heteroatoms. The van der Waals surface area contributed by atoms with Gasteiger partial charge in [-0.05, 0) is 13.3 Å². The molecule has 0 fully saturated rings. The number of hydrogen-bond acceptors (Lipinski definition) is 2.